The van der Waals surface area contributed by atoms with Crippen molar-refractivity contribution in [3.8, 4) is 0 Å². The number of nitrogens with zero attached hydrogens (tertiary/aromatic N) is 1. The Labute approximate surface area is 117 Å². The van der Waals surface area contributed by atoms with Gasteiger partial charge in [0.15, 0.2) is 0 Å². The molecule has 0 aliphatic heterocycles. The molecule has 2 aromatic rings. The van der Waals surface area contributed by atoms with Gasteiger partial charge in [-0.05, 0) is 30.3 Å². The monoisotopic (exact) mass is 277 g/mol. The fraction of sp³-hybridized carbons (Fsp3) is 0.214. The molecular formula is C14H16ClN3O. The predicted molar refractivity (Wildman–Crippen MR) is 77.6 cm³/mol. The maximum atomic E-state index is 11.6. The van der Waals surface area contributed by atoms with Crippen LogP contribution in [0.2, 0.25) is 5.02 Å². The number of benzene rings is 1. The van der Waals surface area contributed by atoms with Gasteiger partial charge in [-0.2, -0.15) is 0 Å². The number of amides is 1. The molecule has 0 bridgehead atoms. The highest BCUT2D eigenvalue weighted by molar-refractivity contribution is 6.33. The zero-order chi connectivity index (χ0) is 13.8. The molecule has 0 saturated carbocycles. The summed E-state index contributed by atoms with van der Waals surface area (Å²) in [7, 11) is 3.59. The minimum absolute atomic E-state index is 0.126. The Hall–Kier alpha value is -1.94. The van der Waals surface area contributed by atoms with Crippen LogP contribution in [0.15, 0.2) is 36.5 Å². The molecule has 100 valence electrons. The summed E-state index contributed by atoms with van der Waals surface area (Å²) in [6.45, 7) is 0.653. The molecule has 5 heteroatoms. The van der Waals surface area contributed by atoms with Crippen LogP contribution in [0.3, 0.4) is 0 Å². The Morgan fingerprint density at radius 2 is 2.16 bits per heavy atom. The Balaban J connectivity index is 2.15. The van der Waals surface area contributed by atoms with Gasteiger partial charge in [0.2, 0.25) is 0 Å². The lowest BCUT2D eigenvalue weighted by Gasteiger charge is -2.10. The highest BCUT2D eigenvalue weighted by Gasteiger charge is 2.07. The number of rotatable bonds is 4. The number of anilines is 1. The van der Waals surface area contributed by atoms with Gasteiger partial charge in [0.05, 0.1) is 17.3 Å². The van der Waals surface area contributed by atoms with Crippen molar-refractivity contribution in [3.05, 3.63) is 52.8 Å². The SMILES string of the molecule is CNC(=O)c1ccc(Cl)c(NCc2cccn2C)c1. The molecule has 1 aromatic carbocycles. The van der Waals surface area contributed by atoms with E-state index in [1.807, 2.05) is 29.9 Å². The van der Waals surface area contributed by atoms with E-state index < -0.39 is 0 Å². The van der Waals surface area contributed by atoms with Crippen LogP contribution in [0.5, 0.6) is 0 Å². The van der Waals surface area contributed by atoms with Gasteiger partial charge in [-0.1, -0.05) is 11.6 Å². The van der Waals surface area contributed by atoms with Gasteiger partial charge < -0.3 is 15.2 Å². The van der Waals surface area contributed by atoms with Crippen molar-refractivity contribution < 1.29 is 4.79 Å². The Morgan fingerprint density at radius 1 is 1.37 bits per heavy atom. The first-order valence-corrected chi connectivity index (χ1v) is 6.35. The Kier molecular flexibility index (Phi) is 4.12. The van der Waals surface area contributed by atoms with Crippen LogP contribution in [-0.2, 0) is 13.6 Å². The molecule has 19 heavy (non-hydrogen) atoms. The van der Waals surface area contributed by atoms with Crippen molar-refractivity contribution in [3.63, 3.8) is 0 Å². The number of carbonyl (C=O) groups excluding carboxylic acids is 1. The molecule has 1 heterocycles. The minimum Gasteiger partial charge on any atom is -0.378 e. The van der Waals surface area contributed by atoms with Crippen molar-refractivity contribution in [1.29, 1.82) is 0 Å². The third kappa shape index (κ3) is 3.09. The molecule has 0 unspecified atom stereocenters. The fourth-order valence-corrected chi connectivity index (χ4v) is 2.00. The zero-order valence-corrected chi connectivity index (χ0v) is 11.7. The van der Waals surface area contributed by atoms with Crippen LogP contribution < -0.4 is 10.6 Å². The second kappa shape index (κ2) is 5.80. The second-order valence-electron chi connectivity index (χ2n) is 4.24. The molecule has 0 radical (unpaired) electrons. The summed E-state index contributed by atoms with van der Waals surface area (Å²) in [6, 6.07) is 9.20. The van der Waals surface area contributed by atoms with E-state index in [2.05, 4.69) is 10.6 Å². The summed E-state index contributed by atoms with van der Waals surface area (Å²) in [6.07, 6.45) is 1.99. The van der Waals surface area contributed by atoms with Crippen molar-refractivity contribution in [1.82, 2.24) is 9.88 Å². The second-order valence-corrected chi connectivity index (χ2v) is 4.64. The molecule has 0 aliphatic rings. The van der Waals surface area contributed by atoms with E-state index in [9.17, 15) is 4.79 Å². The lowest BCUT2D eigenvalue weighted by molar-refractivity contribution is 0.0963. The van der Waals surface area contributed by atoms with E-state index in [0.717, 1.165) is 11.4 Å². The van der Waals surface area contributed by atoms with Crippen molar-refractivity contribution >= 4 is 23.2 Å². The molecule has 0 aliphatic carbocycles. The summed E-state index contributed by atoms with van der Waals surface area (Å²) in [5.74, 6) is -0.126. The van der Waals surface area contributed by atoms with Gasteiger partial charge in [0.25, 0.3) is 5.91 Å². The number of aromatic nitrogens is 1. The molecule has 2 N–H and O–H groups in total. The first kappa shape index (κ1) is 13.5. The number of hydrogen-bond acceptors (Lipinski definition) is 2. The van der Waals surface area contributed by atoms with E-state index in [0.29, 0.717) is 17.1 Å². The van der Waals surface area contributed by atoms with Crippen LogP contribution in [0.4, 0.5) is 5.69 Å². The van der Waals surface area contributed by atoms with Gasteiger partial charge in [-0.15, -0.1) is 0 Å². The van der Waals surface area contributed by atoms with Crippen LogP contribution in [0, 0.1) is 0 Å². The standard InChI is InChI=1S/C14H16ClN3O/c1-16-14(19)10-5-6-12(15)13(8-10)17-9-11-4-3-7-18(11)2/h3-8,17H,9H2,1-2H3,(H,16,19). The summed E-state index contributed by atoms with van der Waals surface area (Å²) in [4.78, 5) is 11.6. The lowest BCUT2D eigenvalue weighted by Crippen LogP contribution is -2.18. The van der Waals surface area contributed by atoms with E-state index in [1.165, 1.54) is 0 Å². The summed E-state index contributed by atoms with van der Waals surface area (Å²) >= 11 is 6.12. The predicted octanol–water partition coefficient (Wildman–Crippen LogP) is 2.65. The molecule has 0 saturated heterocycles. The Morgan fingerprint density at radius 3 is 2.79 bits per heavy atom. The van der Waals surface area contributed by atoms with Crippen molar-refractivity contribution in [2.45, 2.75) is 6.54 Å². The summed E-state index contributed by atoms with van der Waals surface area (Å²) in [5.41, 5.74) is 2.48. The summed E-state index contributed by atoms with van der Waals surface area (Å²) in [5, 5.41) is 6.43. The molecule has 0 spiro atoms. The number of aryl methyl sites for hydroxylation is 1. The van der Waals surface area contributed by atoms with Gasteiger partial charge in [0.1, 0.15) is 0 Å². The van der Waals surface area contributed by atoms with Crippen LogP contribution in [0.1, 0.15) is 16.1 Å². The normalized spacial score (nSPS) is 10.3. The van der Waals surface area contributed by atoms with E-state index in [-0.39, 0.29) is 5.91 Å². The zero-order valence-electron chi connectivity index (χ0n) is 10.9. The molecule has 2 rings (SSSR count). The number of nitrogens with one attached hydrogen (secondary N) is 2. The highest BCUT2D eigenvalue weighted by Crippen LogP contribution is 2.23. The first-order chi connectivity index (χ1) is 9.11. The van der Waals surface area contributed by atoms with Gasteiger partial charge >= 0.3 is 0 Å². The van der Waals surface area contributed by atoms with Crippen LogP contribution in [-0.4, -0.2) is 17.5 Å². The van der Waals surface area contributed by atoms with Crippen molar-refractivity contribution in [2.75, 3.05) is 12.4 Å². The van der Waals surface area contributed by atoms with Gasteiger partial charge in [-0.25, -0.2) is 0 Å². The minimum atomic E-state index is -0.126. The largest absolute Gasteiger partial charge is 0.378 e. The maximum Gasteiger partial charge on any atom is 0.251 e. The number of halogens is 1. The average Bonchev–Trinajstić information content (AvgIpc) is 2.82. The van der Waals surface area contributed by atoms with Crippen molar-refractivity contribution in [2.24, 2.45) is 7.05 Å². The van der Waals surface area contributed by atoms with Gasteiger partial charge in [-0.3, -0.25) is 4.79 Å². The smallest absolute Gasteiger partial charge is 0.251 e. The highest BCUT2D eigenvalue weighted by atomic mass is 35.5. The molecule has 0 atom stereocenters. The number of hydrogen-bond donors (Lipinski definition) is 2. The summed E-state index contributed by atoms with van der Waals surface area (Å²) < 4.78 is 2.03. The molecule has 0 fully saturated rings. The topological polar surface area (TPSA) is 46.1 Å². The third-order valence-corrected chi connectivity index (χ3v) is 3.30. The molecular weight excluding hydrogens is 262 g/mol. The number of carbonyl (C=O) groups is 1. The van der Waals surface area contributed by atoms with Crippen LogP contribution >= 0.6 is 11.6 Å². The van der Waals surface area contributed by atoms with Crippen LogP contribution in [0.25, 0.3) is 0 Å². The quantitative estimate of drug-likeness (QED) is 0.902. The lowest BCUT2D eigenvalue weighted by atomic mass is 10.2. The fourth-order valence-electron chi connectivity index (χ4n) is 1.81. The van der Waals surface area contributed by atoms with E-state index in [1.54, 1.807) is 25.2 Å². The third-order valence-electron chi connectivity index (χ3n) is 2.97. The van der Waals surface area contributed by atoms with E-state index >= 15 is 0 Å². The first-order valence-electron chi connectivity index (χ1n) is 5.97. The maximum absolute atomic E-state index is 11.6. The molecule has 1 amide bonds. The Bertz CT molecular complexity index is 592. The van der Waals surface area contributed by atoms with Gasteiger partial charge in [0, 0.05) is 31.5 Å². The molecule has 4 nitrogen and oxygen atoms in total. The average molecular weight is 278 g/mol. The van der Waals surface area contributed by atoms with E-state index in [4.69, 9.17) is 11.6 Å². The molecule has 1 aromatic heterocycles.